The molecular weight excluding hydrogens is 300 g/mol. The summed E-state index contributed by atoms with van der Waals surface area (Å²) in [4.78, 5) is 7.30. The molecule has 0 bridgehead atoms. The highest BCUT2D eigenvalue weighted by molar-refractivity contribution is 7.71. The predicted octanol–water partition coefficient (Wildman–Crippen LogP) is 3.86. The van der Waals surface area contributed by atoms with Gasteiger partial charge < -0.3 is 10.4 Å². The number of nitrogens with one attached hydrogen (secondary N) is 2. The maximum atomic E-state index is 5.32. The Morgan fingerprint density at radius 3 is 2.67 bits per heavy atom. The number of aromatic amines is 1. The van der Waals surface area contributed by atoms with Crippen molar-refractivity contribution in [3.8, 4) is 0 Å². The van der Waals surface area contributed by atoms with E-state index in [9.17, 15) is 0 Å². The highest BCUT2D eigenvalue weighted by Crippen LogP contribution is 2.10. The van der Waals surface area contributed by atoms with E-state index in [4.69, 9.17) is 24.4 Å². The molecule has 0 aliphatic rings. The van der Waals surface area contributed by atoms with Crippen LogP contribution >= 0.6 is 24.4 Å². The smallest absolute Gasteiger partial charge is 0.200 e. The predicted molar refractivity (Wildman–Crippen MR) is 92.1 cm³/mol. The van der Waals surface area contributed by atoms with Crippen molar-refractivity contribution >= 4 is 30.5 Å². The van der Waals surface area contributed by atoms with Crippen LogP contribution in [0.25, 0.3) is 6.08 Å². The molecule has 21 heavy (non-hydrogen) atoms. The molecule has 1 aromatic heterocycles. The van der Waals surface area contributed by atoms with E-state index in [1.54, 1.807) is 4.68 Å². The fraction of sp³-hybridized carbons (Fsp3) is 0.267. The van der Waals surface area contributed by atoms with E-state index in [1.807, 2.05) is 18.2 Å². The van der Waals surface area contributed by atoms with Crippen LogP contribution in [0.4, 0.5) is 0 Å². The standard InChI is InChI=1S/C15H18N4S2/c1-3-9-16-19-13(17-14(20)18-15(19)21)10-12-7-5-11(4-2)6-8-12/h4-8,16H,2-3,9-10H2,1H3,(H,18,20,21). The number of hydrogen-bond acceptors (Lipinski definition) is 4. The van der Waals surface area contributed by atoms with Crippen molar-refractivity contribution in [2.45, 2.75) is 19.8 Å². The first-order valence-corrected chi connectivity index (χ1v) is 7.63. The minimum atomic E-state index is 0.410. The number of nitrogens with zero attached hydrogens (tertiary/aromatic N) is 2. The summed E-state index contributed by atoms with van der Waals surface area (Å²) in [5.74, 6) is 0.809. The van der Waals surface area contributed by atoms with E-state index in [-0.39, 0.29) is 0 Å². The van der Waals surface area contributed by atoms with Gasteiger partial charge in [0.2, 0.25) is 4.77 Å². The molecule has 110 valence electrons. The fourth-order valence-corrected chi connectivity index (χ4v) is 2.45. The Kier molecular flexibility index (Phi) is 5.41. The lowest BCUT2D eigenvalue weighted by atomic mass is 10.1. The van der Waals surface area contributed by atoms with E-state index in [0.29, 0.717) is 16.0 Å². The van der Waals surface area contributed by atoms with Crippen LogP contribution < -0.4 is 5.43 Å². The third kappa shape index (κ3) is 4.09. The molecule has 2 N–H and O–H groups in total. The van der Waals surface area contributed by atoms with Gasteiger partial charge in [0.1, 0.15) is 5.82 Å². The van der Waals surface area contributed by atoms with E-state index in [0.717, 1.165) is 29.9 Å². The molecule has 0 aliphatic carbocycles. The van der Waals surface area contributed by atoms with E-state index in [2.05, 4.69) is 41.0 Å². The molecule has 0 saturated heterocycles. The highest BCUT2D eigenvalue weighted by atomic mass is 32.1. The second kappa shape index (κ2) is 7.28. The van der Waals surface area contributed by atoms with Gasteiger partial charge >= 0.3 is 0 Å². The third-order valence-electron chi connectivity index (χ3n) is 3.00. The molecule has 0 amide bonds. The SMILES string of the molecule is C=Cc1ccc(Cc2nc(=S)[nH]c(=S)n2NCCC)cc1. The molecule has 0 fully saturated rings. The van der Waals surface area contributed by atoms with Crippen molar-refractivity contribution in [1.29, 1.82) is 0 Å². The normalized spacial score (nSPS) is 10.3. The summed E-state index contributed by atoms with van der Waals surface area (Å²) in [6.45, 7) is 6.68. The Hall–Kier alpha value is -1.79. The molecule has 2 aromatic rings. The van der Waals surface area contributed by atoms with Gasteiger partial charge in [-0.25, -0.2) is 9.66 Å². The van der Waals surface area contributed by atoms with Gasteiger partial charge in [-0.15, -0.1) is 0 Å². The molecule has 1 aromatic carbocycles. The van der Waals surface area contributed by atoms with Crippen molar-refractivity contribution in [2.75, 3.05) is 12.0 Å². The quantitative estimate of drug-likeness (QED) is 0.794. The Morgan fingerprint density at radius 2 is 2.05 bits per heavy atom. The molecule has 2 rings (SSSR count). The van der Waals surface area contributed by atoms with Crippen LogP contribution in [0.3, 0.4) is 0 Å². The Labute approximate surface area is 134 Å². The topological polar surface area (TPSA) is 45.6 Å². The van der Waals surface area contributed by atoms with Crippen LogP contribution in [0, 0.1) is 9.54 Å². The number of aromatic nitrogens is 3. The van der Waals surface area contributed by atoms with E-state index >= 15 is 0 Å². The van der Waals surface area contributed by atoms with Gasteiger partial charge in [-0.3, -0.25) is 0 Å². The summed E-state index contributed by atoms with van der Waals surface area (Å²) in [6.07, 6.45) is 3.49. The van der Waals surface area contributed by atoms with Gasteiger partial charge in [-0.2, -0.15) is 0 Å². The van der Waals surface area contributed by atoms with Crippen LogP contribution in [-0.2, 0) is 6.42 Å². The minimum Gasteiger partial charge on any atom is -0.322 e. The number of H-pyrrole nitrogens is 1. The van der Waals surface area contributed by atoms with Crippen LogP contribution in [0.5, 0.6) is 0 Å². The van der Waals surface area contributed by atoms with Gasteiger partial charge in [0, 0.05) is 13.0 Å². The summed E-state index contributed by atoms with van der Waals surface area (Å²) in [5, 5.41) is 0. The first-order chi connectivity index (χ1) is 10.1. The summed E-state index contributed by atoms with van der Waals surface area (Å²) in [6, 6.07) is 8.19. The molecule has 4 nitrogen and oxygen atoms in total. The van der Waals surface area contributed by atoms with Gasteiger partial charge in [0.05, 0.1) is 0 Å². The first-order valence-electron chi connectivity index (χ1n) is 6.81. The van der Waals surface area contributed by atoms with Crippen molar-refractivity contribution in [2.24, 2.45) is 0 Å². The average Bonchev–Trinajstić information content (AvgIpc) is 2.47. The summed E-state index contributed by atoms with van der Waals surface area (Å²) < 4.78 is 2.75. The lowest BCUT2D eigenvalue weighted by molar-refractivity contribution is 0.694. The summed E-state index contributed by atoms with van der Waals surface area (Å²) in [5.41, 5.74) is 5.50. The van der Waals surface area contributed by atoms with Crippen LogP contribution in [-0.4, -0.2) is 21.2 Å². The molecular formula is C15H18N4S2. The monoisotopic (exact) mass is 318 g/mol. The second-order valence-electron chi connectivity index (χ2n) is 4.63. The molecule has 6 heteroatoms. The molecule has 0 saturated carbocycles. The summed E-state index contributed by atoms with van der Waals surface area (Å²) >= 11 is 10.4. The lowest BCUT2D eigenvalue weighted by Gasteiger charge is -2.14. The van der Waals surface area contributed by atoms with E-state index < -0.39 is 0 Å². The maximum Gasteiger partial charge on any atom is 0.200 e. The zero-order valence-electron chi connectivity index (χ0n) is 11.9. The number of hydrogen-bond donors (Lipinski definition) is 2. The van der Waals surface area contributed by atoms with Crippen molar-refractivity contribution in [3.63, 3.8) is 0 Å². The average molecular weight is 318 g/mol. The Bertz CT molecular complexity index is 729. The molecule has 0 unspecified atom stereocenters. The minimum absolute atomic E-state index is 0.410. The van der Waals surface area contributed by atoms with Crippen LogP contribution in [0.15, 0.2) is 30.8 Å². The van der Waals surface area contributed by atoms with Crippen LogP contribution in [0.1, 0.15) is 30.3 Å². The zero-order valence-corrected chi connectivity index (χ0v) is 13.6. The van der Waals surface area contributed by atoms with E-state index in [1.165, 1.54) is 0 Å². The van der Waals surface area contributed by atoms with Crippen molar-refractivity contribution in [3.05, 3.63) is 57.3 Å². The largest absolute Gasteiger partial charge is 0.322 e. The maximum absolute atomic E-state index is 5.32. The van der Waals surface area contributed by atoms with Crippen molar-refractivity contribution in [1.82, 2.24) is 14.6 Å². The number of rotatable bonds is 6. The van der Waals surface area contributed by atoms with Gasteiger partial charge in [0.25, 0.3) is 0 Å². The van der Waals surface area contributed by atoms with Gasteiger partial charge in [0.15, 0.2) is 4.77 Å². The number of benzene rings is 1. The molecule has 0 atom stereocenters. The molecule has 0 radical (unpaired) electrons. The zero-order chi connectivity index (χ0) is 15.2. The Morgan fingerprint density at radius 1 is 1.33 bits per heavy atom. The van der Waals surface area contributed by atoms with Gasteiger partial charge in [-0.05, 0) is 42.0 Å². The summed E-state index contributed by atoms with van der Waals surface area (Å²) in [7, 11) is 0. The first kappa shape index (κ1) is 15.6. The Balaban J connectivity index is 2.34. The second-order valence-corrected chi connectivity index (χ2v) is 5.40. The lowest BCUT2D eigenvalue weighted by Crippen LogP contribution is -2.23. The molecule has 0 spiro atoms. The highest BCUT2D eigenvalue weighted by Gasteiger charge is 2.05. The van der Waals surface area contributed by atoms with Gasteiger partial charge in [-0.1, -0.05) is 43.8 Å². The molecule has 0 aliphatic heterocycles. The van der Waals surface area contributed by atoms with Crippen molar-refractivity contribution < 1.29 is 0 Å². The molecule has 1 heterocycles. The third-order valence-corrected chi connectivity index (χ3v) is 3.48. The fourth-order valence-electron chi connectivity index (χ4n) is 1.92. The van der Waals surface area contributed by atoms with Crippen LogP contribution in [0.2, 0.25) is 0 Å².